The quantitative estimate of drug-likeness (QED) is 0.645. The Kier molecular flexibility index (Phi) is 6.69. The van der Waals surface area contributed by atoms with E-state index in [2.05, 4.69) is 48.7 Å². The summed E-state index contributed by atoms with van der Waals surface area (Å²) in [6.07, 6.45) is 8.92. The molecular formula is C25H31NO2. The normalized spacial score (nSPS) is 21.9. The maximum Gasteiger partial charge on any atom is 0.251 e. The first-order valence-electron chi connectivity index (χ1n) is 10.3. The van der Waals surface area contributed by atoms with Crippen LogP contribution in [-0.2, 0) is 0 Å². The van der Waals surface area contributed by atoms with E-state index in [1.807, 2.05) is 31.2 Å². The molecule has 1 aliphatic carbocycles. The Morgan fingerprint density at radius 2 is 2.00 bits per heavy atom. The van der Waals surface area contributed by atoms with Gasteiger partial charge >= 0.3 is 0 Å². The van der Waals surface area contributed by atoms with Crippen molar-refractivity contribution in [2.45, 2.75) is 52.0 Å². The van der Waals surface area contributed by atoms with Gasteiger partial charge in [-0.1, -0.05) is 54.1 Å². The lowest BCUT2D eigenvalue weighted by atomic mass is 9.82. The predicted molar refractivity (Wildman–Crippen MR) is 115 cm³/mol. The predicted octanol–water partition coefficient (Wildman–Crippen LogP) is 5.28. The van der Waals surface area contributed by atoms with Gasteiger partial charge in [-0.3, -0.25) is 4.79 Å². The Morgan fingerprint density at radius 1 is 1.21 bits per heavy atom. The summed E-state index contributed by atoms with van der Waals surface area (Å²) in [5.74, 6) is -0.0267. The second kappa shape index (κ2) is 9.20. The minimum Gasteiger partial charge on any atom is -0.396 e. The van der Waals surface area contributed by atoms with Crippen molar-refractivity contribution in [2.75, 3.05) is 6.61 Å². The van der Waals surface area contributed by atoms with Crippen LogP contribution in [0.1, 0.15) is 54.9 Å². The van der Waals surface area contributed by atoms with Gasteiger partial charge in [0.1, 0.15) is 0 Å². The van der Waals surface area contributed by atoms with Crippen molar-refractivity contribution < 1.29 is 9.90 Å². The van der Waals surface area contributed by atoms with Crippen molar-refractivity contribution >= 4 is 5.91 Å². The number of rotatable bonds is 7. The molecule has 0 radical (unpaired) electrons. The molecule has 0 spiro atoms. The van der Waals surface area contributed by atoms with Gasteiger partial charge in [-0.25, -0.2) is 0 Å². The van der Waals surface area contributed by atoms with Gasteiger partial charge < -0.3 is 10.4 Å². The third-order valence-corrected chi connectivity index (χ3v) is 5.96. The van der Waals surface area contributed by atoms with Crippen LogP contribution in [0.25, 0.3) is 11.1 Å². The summed E-state index contributed by atoms with van der Waals surface area (Å²) in [6.45, 7) is 4.29. The van der Waals surface area contributed by atoms with Gasteiger partial charge in [-0.05, 0) is 74.6 Å². The average Bonchev–Trinajstić information content (AvgIpc) is 3.12. The summed E-state index contributed by atoms with van der Waals surface area (Å²) in [6, 6.07) is 16.3. The molecule has 2 N–H and O–H groups in total. The van der Waals surface area contributed by atoms with Gasteiger partial charge in [0.15, 0.2) is 0 Å². The number of aliphatic hydroxyl groups is 1. The molecule has 0 aliphatic heterocycles. The first-order valence-corrected chi connectivity index (χ1v) is 10.3. The van der Waals surface area contributed by atoms with Crippen molar-refractivity contribution in [3.05, 3.63) is 71.8 Å². The van der Waals surface area contributed by atoms with E-state index in [0.29, 0.717) is 5.56 Å². The van der Waals surface area contributed by atoms with Crippen LogP contribution in [0.15, 0.2) is 60.7 Å². The van der Waals surface area contributed by atoms with Gasteiger partial charge in [-0.2, -0.15) is 0 Å². The second-order valence-corrected chi connectivity index (χ2v) is 8.13. The molecule has 0 saturated heterocycles. The van der Waals surface area contributed by atoms with E-state index in [0.717, 1.165) is 43.2 Å². The van der Waals surface area contributed by atoms with E-state index >= 15 is 0 Å². The first-order chi connectivity index (χ1) is 13.5. The van der Waals surface area contributed by atoms with Crippen LogP contribution in [0, 0.1) is 12.3 Å². The van der Waals surface area contributed by atoms with E-state index < -0.39 is 0 Å². The molecule has 148 valence electrons. The molecule has 2 atom stereocenters. The highest BCUT2D eigenvalue weighted by atomic mass is 16.3. The molecule has 3 heteroatoms. The zero-order valence-electron chi connectivity index (χ0n) is 16.9. The lowest BCUT2D eigenvalue weighted by molar-refractivity contribution is 0.0920. The van der Waals surface area contributed by atoms with Gasteiger partial charge in [0.25, 0.3) is 5.91 Å². The number of carbonyl (C=O) groups excluding carboxylic acids is 1. The molecule has 0 aromatic heterocycles. The molecule has 2 aromatic rings. The van der Waals surface area contributed by atoms with Crippen molar-refractivity contribution in [1.29, 1.82) is 0 Å². The lowest BCUT2D eigenvalue weighted by Gasteiger charge is -2.26. The van der Waals surface area contributed by atoms with Crippen LogP contribution in [0.4, 0.5) is 0 Å². The topological polar surface area (TPSA) is 49.3 Å². The monoisotopic (exact) mass is 377 g/mol. The third-order valence-electron chi connectivity index (χ3n) is 5.96. The highest BCUT2D eigenvalue weighted by Crippen LogP contribution is 2.42. The van der Waals surface area contributed by atoms with Crippen molar-refractivity contribution in [3.8, 4) is 11.1 Å². The molecule has 0 bridgehead atoms. The largest absolute Gasteiger partial charge is 0.396 e. The molecule has 3 nitrogen and oxygen atoms in total. The van der Waals surface area contributed by atoms with Gasteiger partial charge in [-0.15, -0.1) is 0 Å². The summed E-state index contributed by atoms with van der Waals surface area (Å²) < 4.78 is 0. The summed E-state index contributed by atoms with van der Waals surface area (Å²) in [4.78, 5) is 12.8. The molecule has 2 aromatic carbocycles. The summed E-state index contributed by atoms with van der Waals surface area (Å²) >= 11 is 0. The van der Waals surface area contributed by atoms with E-state index in [1.165, 1.54) is 5.56 Å². The third kappa shape index (κ3) is 4.90. The van der Waals surface area contributed by atoms with Crippen molar-refractivity contribution in [3.63, 3.8) is 0 Å². The fraction of sp³-hybridized carbons (Fsp3) is 0.400. The van der Waals surface area contributed by atoms with Gasteiger partial charge in [0.2, 0.25) is 0 Å². The molecule has 1 saturated carbocycles. The molecular weight excluding hydrogens is 346 g/mol. The highest BCUT2D eigenvalue weighted by Gasteiger charge is 2.38. The summed E-state index contributed by atoms with van der Waals surface area (Å²) in [5.41, 5.74) is 4.02. The van der Waals surface area contributed by atoms with Crippen molar-refractivity contribution in [1.82, 2.24) is 5.32 Å². The minimum atomic E-state index is -0.0544. The zero-order chi connectivity index (χ0) is 20.0. The summed E-state index contributed by atoms with van der Waals surface area (Å²) in [5, 5.41) is 13.1. The number of carbonyl (C=O) groups is 1. The summed E-state index contributed by atoms with van der Waals surface area (Å²) in [7, 11) is 0. The Balaban J connectivity index is 1.65. The van der Waals surface area contributed by atoms with Crippen LogP contribution in [0.3, 0.4) is 0 Å². The molecule has 2 unspecified atom stereocenters. The number of allylic oxidation sites excluding steroid dienone is 2. The molecule has 3 rings (SSSR count). The zero-order valence-corrected chi connectivity index (χ0v) is 16.9. The van der Waals surface area contributed by atoms with Crippen molar-refractivity contribution in [2.24, 2.45) is 5.41 Å². The highest BCUT2D eigenvalue weighted by molar-refractivity contribution is 5.95. The molecule has 28 heavy (non-hydrogen) atoms. The van der Waals surface area contributed by atoms with E-state index in [-0.39, 0.29) is 24.0 Å². The minimum absolute atomic E-state index is 0.0267. The molecule has 1 amide bonds. The fourth-order valence-corrected chi connectivity index (χ4v) is 4.19. The average molecular weight is 378 g/mol. The standard InChI is InChI=1S/C25H31NO2/c1-3-4-5-14-25(18-27)15-13-23(17-25)26-24(28)22-8-6-7-21(16-22)20-11-9-19(2)10-12-20/h3-4,6-12,16,23,27H,5,13-15,17-18H2,1-2H3,(H,26,28)/b4-3+. The van der Waals surface area contributed by atoms with Crippen LogP contribution in [0.5, 0.6) is 0 Å². The maximum absolute atomic E-state index is 12.8. The number of nitrogens with one attached hydrogen (secondary N) is 1. The lowest BCUT2D eigenvalue weighted by Crippen LogP contribution is -2.34. The Bertz CT molecular complexity index is 825. The SMILES string of the molecule is C/C=C/CCC1(CO)CCC(NC(=O)c2cccc(-c3ccc(C)cc3)c2)C1. The van der Waals surface area contributed by atoms with Gasteiger partial charge in [0, 0.05) is 18.2 Å². The Hall–Kier alpha value is -2.39. The Labute approximate surface area is 168 Å². The van der Waals surface area contributed by atoms with E-state index in [1.54, 1.807) is 0 Å². The number of amides is 1. The number of hydrogen-bond donors (Lipinski definition) is 2. The number of aliphatic hydroxyl groups excluding tert-OH is 1. The fourth-order valence-electron chi connectivity index (χ4n) is 4.19. The van der Waals surface area contributed by atoms with Crippen LogP contribution >= 0.6 is 0 Å². The van der Waals surface area contributed by atoms with Crippen LogP contribution in [-0.4, -0.2) is 23.7 Å². The van der Waals surface area contributed by atoms with Crippen LogP contribution in [0.2, 0.25) is 0 Å². The molecule has 0 heterocycles. The smallest absolute Gasteiger partial charge is 0.251 e. The number of hydrogen-bond acceptors (Lipinski definition) is 2. The maximum atomic E-state index is 12.8. The van der Waals surface area contributed by atoms with E-state index in [4.69, 9.17) is 0 Å². The van der Waals surface area contributed by atoms with Crippen LogP contribution < -0.4 is 5.32 Å². The molecule has 1 aliphatic rings. The van der Waals surface area contributed by atoms with E-state index in [9.17, 15) is 9.90 Å². The Morgan fingerprint density at radius 3 is 2.71 bits per heavy atom. The number of benzene rings is 2. The molecule has 1 fully saturated rings. The second-order valence-electron chi connectivity index (χ2n) is 8.13. The first kappa shape index (κ1) is 20.3. The number of aryl methyl sites for hydroxylation is 1. The van der Waals surface area contributed by atoms with Gasteiger partial charge in [0.05, 0.1) is 0 Å².